The molecule has 0 saturated carbocycles. The molecule has 0 spiro atoms. The first-order chi connectivity index (χ1) is 28.3. The van der Waals surface area contributed by atoms with Crippen LogP contribution in [0.25, 0.3) is 27.8 Å². The molecule has 0 bridgehead atoms. The number of carbonyl (C=O) groups excluding carboxylic acids is 4. The maximum absolute atomic E-state index is 13.4. The molecule has 2 fully saturated rings. The van der Waals surface area contributed by atoms with Crippen molar-refractivity contribution in [3.8, 4) is 22.8 Å². The van der Waals surface area contributed by atoms with E-state index in [1.807, 2.05) is 67.7 Å². The van der Waals surface area contributed by atoms with Gasteiger partial charge < -0.3 is 19.9 Å². The third-order valence-corrected chi connectivity index (χ3v) is 11.6. The summed E-state index contributed by atoms with van der Waals surface area (Å²) in [5, 5.41) is 13.7. The second-order valence-electron chi connectivity index (χ2n) is 14.3. The van der Waals surface area contributed by atoms with E-state index in [0.29, 0.717) is 43.4 Å². The van der Waals surface area contributed by atoms with Crippen molar-refractivity contribution < 1.29 is 23.9 Å². The van der Waals surface area contributed by atoms with Crippen LogP contribution in [-0.4, -0.2) is 90.3 Å². The van der Waals surface area contributed by atoms with E-state index < -0.39 is 29.7 Å². The summed E-state index contributed by atoms with van der Waals surface area (Å²) in [4.78, 5) is 74.4. The van der Waals surface area contributed by atoms with Crippen LogP contribution in [0.5, 0.6) is 11.5 Å². The molecule has 10 rings (SSSR count). The fraction of sp³-hybridized carbons (Fsp3) is 0.195. The summed E-state index contributed by atoms with van der Waals surface area (Å²) in [6.45, 7) is 4.79. The Morgan fingerprint density at radius 1 is 0.845 bits per heavy atom. The van der Waals surface area contributed by atoms with E-state index in [0.717, 1.165) is 54.9 Å². The van der Waals surface area contributed by atoms with Gasteiger partial charge in [0.25, 0.3) is 11.8 Å². The zero-order chi connectivity index (χ0) is 39.5. The molecule has 1 unspecified atom stereocenters. The fourth-order valence-corrected chi connectivity index (χ4v) is 8.52. The Kier molecular flexibility index (Phi) is 8.51. The van der Waals surface area contributed by atoms with Crippen molar-refractivity contribution in [2.45, 2.75) is 25.8 Å². The minimum absolute atomic E-state index is 0.0789. The van der Waals surface area contributed by atoms with E-state index in [1.165, 1.54) is 6.33 Å². The van der Waals surface area contributed by atoms with E-state index in [4.69, 9.17) is 9.72 Å². The molecule has 4 amide bonds. The lowest BCUT2D eigenvalue weighted by atomic mass is 10.0. The van der Waals surface area contributed by atoms with E-state index in [2.05, 4.69) is 45.9 Å². The predicted octanol–water partition coefficient (Wildman–Crippen LogP) is 5.37. The number of hydrogen-bond donors (Lipinski definition) is 2. The first kappa shape index (κ1) is 35.2. The minimum Gasteiger partial charge on any atom is -0.457 e. The molecule has 3 aromatic carbocycles. The maximum atomic E-state index is 13.4. The monoisotopic (exact) mass is 791 g/mol. The highest BCUT2D eigenvalue weighted by Crippen LogP contribution is 2.35. The molecule has 16 nitrogen and oxygen atoms in total. The van der Waals surface area contributed by atoms with Crippen LogP contribution in [0.2, 0.25) is 0 Å². The van der Waals surface area contributed by atoms with Crippen molar-refractivity contribution in [2.75, 3.05) is 41.3 Å². The highest BCUT2D eigenvalue weighted by Gasteiger charge is 2.44. The molecule has 7 heterocycles. The number of pyridine rings is 1. The Bertz CT molecular complexity index is 2830. The van der Waals surface area contributed by atoms with Crippen LogP contribution >= 0.6 is 11.3 Å². The van der Waals surface area contributed by atoms with Crippen LogP contribution in [-0.2, 0) is 9.59 Å². The van der Waals surface area contributed by atoms with Gasteiger partial charge in [-0.2, -0.15) is 5.10 Å². The molecule has 1 atom stereocenters. The number of nitrogens with one attached hydrogen (secondary N) is 2. The number of piperidine rings is 1. The van der Waals surface area contributed by atoms with Crippen molar-refractivity contribution >= 4 is 73.8 Å². The Morgan fingerprint density at radius 3 is 2.53 bits per heavy atom. The standard InChI is InChI=1S/C41H33N11O5S/c1-23-16-25(3-8-34(23)57-27-10-11-51-35(19-27)43-22-45-51)46-37-29-5-2-24(17-31(29)42-21-44-37)32-20-58-41(47-32)50-14-12-49(13-15-50)26-4-6-28-30(18-26)40(56)52(39(28)55)33-7-9-36(53)48-38(33)54/h2-6,8,10-11,16-22,33H,7,9,12-15H2,1H3,(H,42,44,46)(H,48,53,54). The van der Waals surface area contributed by atoms with Gasteiger partial charge >= 0.3 is 0 Å². The van der Waals surface area contributed by atoms with E-state index in [9.17, 15) is 19.2 Å². The van der Waals surface area contributed by atoms with Gasteiger partial charge in [-0.25, -0.2) is 24.5 Å². The fourth-order valence-electron chi connectivity index (χ4n) is 7.64. The van der Waals surface area contributed by atoms with E-state index >= 15 is 0 Å². The lowest BCUT2D eigenvalue weighted by Gasteiger charge is -2.36. The molecule has 4 aromatic heterocycles. The number of nitrogens with zero attached hydrogens (tertiary/aromatic N) is 9. The van der Waals surface area contributed by atoms with Crippen molar-refractivity contribution in [3.05, 3.63) is 108 Å². The van der Waals surface area contributed by atoms with Crippen molar-refractivity contribution in [1.29, 1.82) is 0 Å². The number of carbonyl (C=O) groups is 4. The van der Waals surface area contributed by atoms with Gasteiger partial charge in [-0.1, -0.05) is 6.07 Å². The molecule has 7 aromatic rings. The molecular formula is C41H33N11O5S. The topological polar surface area (TPSA) is 180 Å². The van der Waals surface area contributed by atoms with Crippen LogP contribution < -0.4 is 25.2 Å². The van der Waals surface area contributed by atoms with Crippen molar-refractivity contribution in [3.63, 3.8) is 0 Å². The lowest BCUT2D eigenvalue weighted by molar-refractivity contribution is -0.136. The molecule has 2 saturated heterocycles. The minimum atomic E-state index is -0.993. The van der Waals surface area contributed by atoms with Crippen LogP contribution in [0, 0.1) is 6.92 Å². The number of fused-ring (bicyclic) bond motifs is 3. The van der Waals surface area contributed by atoms with Crippen LogP contribution in [0.3, 0.4) is 0 Å². The van der Waals surface area contributed by atoms with Crippen LogP contribution in [0.4, 0.5) is 22.3 Å². The predicted molar refractivity (Wildman–Crippen MR) is 216 cm³/mol. The molecule has 2 N–H and O–H groups in total. The number of amides is 4. The second-order valence-corrected chi connectivity index (χ2v) is 15.1. The second kappa shape index (κ2) is 14.0. The molecule has 3 aliphatic heterocycles. The first-order valence-corrected chi connectivity index (χ1v) is 19.5. The number of thiazole rings is 1. The van der Waals surface area contributed by atoms with Gasteiger partial charge in [-0.15, -0.1) is 11.3 Å². The molecule has 17 heteroatoms. The summed E-state index contributed by atoms with van der Waals surface area (Å²) < 4.78 is 7.82. The summed E-state index contributed by atoms with van der Waals surface area (Å²) >= 11 is 1.59. The Hall–Kier alpha value is -7.27. The van der Waals surface area contributed by atoms with Crippen LogP contribution in [0.15, 0.2) is 91.0 Å². The van der Waals surface area contributed by atoms with Gasteiger partial charge in [0.05, 0.1) is 22.3 Å². The summed E-state index contributed by atoms with van der Waals surface area (Å²) in [6.07, 6.45) is 5.06. The third kappa shape index (κ3) is 6.30. The van der Waals surface area contributed by atoms with E-state index in [1.54, 1.807) is 34.3 Å². The molecule has 288 valence electrons. The number of benzene rings is 3. The third-order valence-electron chi connectivity index (χ3n) is 10.7. The number of ether oxygens (including phenoxy) is 1. The number of anilines is 4. The van der Waals surface area contributed by atoms with Crippen LogP contribution in [0.1, 0.15) is 39.1 Å². The van der Waals surface area contributed by atoms with Crippen molar-refractivity contribution in [1.82, 2.24) is 39.8 Å². The van der Waals surface area contributed by atoms with Gasteiger partial charge in [0.2, 0.25) is 11.8 Å². The molecule has 3 aliphatic rings. The average Bonchev–Trinajstić information content (AvgIpc) is 3.98. The number of piperazine rings is 1. The van der Waals surface area contributed by atoms with Gasteiger partial charge in [0, 0.05) is 72.6 Å². The quantitative estimate of drug-likeness (QED) is 0.188. The first-order valence-electron chi connectivity index (χ1n) is 18.7. The molecule has 0 aliphatic carbocycles. The lowest BCUT2D eigenvalue weighted by Crippen LogP contribution is -2.54. The zero-order valence-electron chi connectivity index (χ0n) is 31.0. The Morgan fingerprint density at radius 2 is 1.69 bits per heavy atom. The van der Waals surface area contributed by atoms with Gasteiger partial charge in [-0.3, -0.25) is 29.4 Å². The number of aryl methyl sites for hydroxylation is 1. The number of aromatic nitrogens is 6. The zero-order valence-corrected chi connectivity index (χ0v) is 31.8. The Balaban J connectivity index is 0.789. The molecular weight excluding hydrogens is 759 g/mol. The summed E-state index contributed by atoms with van der Waals surface area (Å²) in [6, 6.07) is 19.9. The summed E-state index contributed by atoms with van der Waals surface area (Å²) in [5.41, 5.74) is 6.48. The largest absolute Gasteiger partial charge is 0.457 e. The highest BCUT2D eigenvalue weighted by molar-refractivity contribution is 7.14. The smallest absolute Gasteiger partial charge is 0.262 e. The maximum Gasteiger partial charge on any atom is 0.262 e. The number of imide groups is 2. The van der Waals surface area contributed by atoms with Gasteiger partial charge in [0.1, 0.15) is 36.0 Å². The normalized spacial score (nSPS) is 17.0. The molecule has 0 radical (unpaired) electrons. The molecule has 58 heavy (non-hydrogen) atoms. The Labute approximate surface area is 334 Å². The summed E-state index contributed by atoms with van der Waals surface area (Å²) in [5.74, 6) is 0.0443. The van der Waals surface area contributed by atoms with Gasteiger partial charge in [0.15, 0.2) is 10.8 Å². The highest BCUT2D eigenvalue weighted by atomic mass is 32.1. The van der Waals surface area contributed by atoms with Gasteiger partial charge in [-0.05, 0) is 73.5 Å². The number of rotatable bonds is 8. The van der Waals surface area contributed by atoms with E-state index in [-0.39, 0.29) is 24.0 Å². The average molecular weight is 792 g/mol. The summed E-state index contributed by atoms with van der Waals surface area (Å²) in [7, 11) is 0. The van der Waals surface area contributed by atoms with Crippen molar-refractivity contribution in [2.24, 2.45) is 0 Å². The SMILES string of the molecule is Cc1cc(Nc2ncnc3cc(-c4csc(N5CCN(c6ccc7c(c6)C(=O)N(C6CCC(=O)NC6=O)C7=O)CC5)n4)ccc23)ccc1Oc1ccn2ncnc2c1. The number of hydrogen-bond acceptors (Lipinski definition) is 14.